The Labute approximate surface area is 97.0 Å². The summed E-state index contributed by atoms with van der Waals surface area (Å²) in [5, 5.41) is 11.4. The lowest BCUT2D eigenvalue weighted by atomic mass is 10.0. The van der Waals surface area contributed by atoms with Crippen LogP contribution in [0.2, 0.25) is 0 Å². The highest BCUT2D eigenvalue weighted by Crippen LogP contribution is 2.20. The predicted molar refractivity (Wildman–Crippen MR) is 66.7 cm³/mol. The van der Waals surface area contributed by atoms with Crippen LogP contribution < -0.4 is 11.1 Å². The van der Waals surface area contributed by atoms with E-state index in [4.69, 9.17) is 5.73 Å². The highest BCUT2D eigenvalue weighted by atomic mass is 15.1. The summed E-state index contributed by atoms with van der Waals surface area (Å²) in [5.41, 5.74) is 11.8. The Morgan fingerprint density at radius 3 is 2.31 bits per heavy atom. The Morgan fingerprint density at radius 2 is 1.75 bits per heavy atom. The van der Waals surface area contributed by atoms with Gasteiger partial charge >= 0.3 is 0 Å². The fourth-order valence-electron chi connectivity index (χ4n) is 1.67. The normalized spacial score (nSPS) is 12.3. The van der Waals surface area contributed by atoms with E-state index >= 15 is 0 Å². The summed E-state index contributed by atoms with van der Waals surface area (Å²) in [6.45, 7) is 10.8. The number of hydrogen-bond donors (Lipinski definition) is 2. The Hall–Kier alpha value is -1.58. The van der Waals surface area contributed by atoms with Gasteiger partial charge in [-0.15, -0.1) is 0 Å². The monoisotopic (exact) mass is 220 g/mol. The summed E-state index contributed by atoms with van der Waals surface area (Å²) in [4.78, 5) is 0. The summed E-state index contributed by atoms with van der Waals surface area (Å²) < 4.78 is 0. The van der Waals surface area contributed by atoms with Crippen molar-refractivity contribution in [1.29, 1.82) is 0 Å². The van der Waals surface area contributed by atoms with Crippen molar-refractivity contribution < 1.29 is 0 Å². The third kappa shape index (κ3) is 2.32. The molecule has 0 spiro atoms. The van der Waals surface area contributed by atoms with Crippen LogP contribution >= 0.6 is 0 Å². The summed E-state index contributed by atoms with van der Waals surface area (Å²) >= 11 is 0. The van der Waals surface area contributed by atoms with Crippen LogP contribution in [0.3, 0.4) is 0 Å². The number of aromatic nitrogens is 2. The SMILES string of the molecule is CCN/C(C)=C(\N)c1c(C)nnc(C)c1C. The lowest BCUT2D eigenvalue weighted by molar-refractivity contribution is 0.850. The van der Waals surface area contributed by atoms with Crippen molar-refractivity contribution in [3.8, 4) is 0 Å². The molecule has 1 aromatic heterocycles. The van der Waals surface area contributed by atoms with Gasteiger partial charge in [0.15, 0.2) is 0 Å². The topological polar surface area (TPSA) is 63.8 Å². The van der Waals surface area contributed by atoms with Crippen molar-refractivity contribution >= 4 is 5.70 Å². The lowest BCUT2D eigenvalue weighted by Gasteiger charge is -2.14. The van der Waals surface area contributed by atoms with Crippen LogP contribution in [0.5, 0.6) is 0 Å². The first-order valence-electron chi connectivity index (χ1n) is 5.50. The zero-order valence-electron chi connectivity index (χ0n) is 10.7. The molecule has 1 aromatic rings. The molecule has 0 aliphatic carbocycles. The van der Waals surface area contributed by atoms with E-state index in [0.29, 0.717) is 0 Å². The number of nitrogens with one attached hydrogen (secondary N) is 1. The lowest BCUT2D eigenvalue weighted by Crippen LogP contribution is -2.17. The summed E-state index contributed by atoms with van der Waals surface area (Å²) in [6.07, 6.45) is 0. The molecule has 0 aliphatic heterocycles. The van der Waals surface area contributed by atoms with E-state index in [2.05, 4.69) is 15.5 Å². The summed E-state index contributed by atoms with van der Waals surface area (Å²) in [7, 11) is 0. The van der Waals surface area contributed by atoms with Gasteiger partial charge in [-0.1, -0.05) is 0 Å². The Morgan fingerprint density at radius 1 is 1.19 bits per heavy atom. The number of rotatable bonds is 3. The minimum atomic E-state index is 0.759. The fourth-order valence-corrected chi connectivity index (χ4v) is 1.67. The van der Waals surface area contributed by atoms with Gasteiger partial charge in [-0.3, -0.25) is 0 Å². The zero-order valence-corrected chi connectivity index (χ0v) is 10.7. The molecule has 0 bridgehead atoms. The van der Waals surface area contributed by atoms with Crippen LogP contribution in [0.15, 0.2) is 5.70 Å². The smallest absolute Gasteiger partial charge is 0.0696 e. The molecular weight excluding hydrogens is 200 g/mol. The van der Waals surface area contributed by atoms with E-state index in [-0.39, 0.29) is 0 Å². The van der Waals surface area contributed by atoms with E-state index < -0.39 is 0 Å². The van der Waals surface area contributed by atoms with E-state index in [9.17, 15) is 0 Å². The second-order valence-electron chi connectivity index (χ2n) is 3.94. The van der Waals surface area contributed by atoms with Gasteiger partial charge in [-0.05, 0) is 40.2 Å². The maximum absolute atomic E-state index is 6.14. The first kappa shape index (κ1) is 12.5. The van der Waals surface area contributed by atoms with Crippen molar-refractivity contribution in [2.45, 2.75) is 34.6 Å². The molecule has 0 saturated carbocycles. The molecule has 4 nitrogen and oxygen atoms in total. The first-order valence-corrected chi connectivity index (χ1v) is 5.50. The Kier molecular flexibility index (Phi) is 3.88. The van der Waals surface area contributed by atoms with Crippen molar-refractivity contribution in [1.82, 2.24) is 15.5 Å². The summed E-state index contributed by atoms with van der Waals surface area (Å²) in [6, 6.07) is 0. The molecule has 16 heavy (non-hydrogen) atoms. The number of nitrogens with two attached hydrogens (primary N) is 1. The van der Waals surface area contributed by atoms with Crippen LogP contribution in [0, 0.1) is 20.8 Å². The van der Waals surface area contributed by atoms with Gasteiger partial charge in [0.1, 0.15) is 0 Å². The molecule has 0 aromatic carbocycles. The Bertz CT molecular complexity index is 421. The fraction of sp³-hybridized carbons (Fsp3) is 0.500. The molecule has 0 aliphatic rings. The largest absolute Gasteiger partial charge is 0.397 e. The molecule has 88 valence electrons. The molecule has 0 atom stereocenters. The molecule has 1 rings (SSSR count). The molecular formula is C12H20N4. The Balaban J connectivity index is 3.33. The predicted octanol–water partition coefficient (Wildman–Crippen LogP) is 1.66. The van der Waals surface area contributed by atoms with E-state index in [1.807, 2.05) is 34.6 Å². The van der Waals surface area contributed by atoms with Crippen molar-refractivity contribution in [3.05, 3.63) is 28.2 Å². The highest BCUT2D eigenvalue weighted by Gasteiger charge is 2.12. The van der Waals surface area contributed by atoms with Gasteiger partial charge in [0.05, 0.1) is 17.1 Å². The maximum Gasteiger partial charge on any atom is 0.0696 e. The second kappa shape index (κ2) is 4.96. The molecule has 3 N–H and O–H groups in total. The van der Waals surface area contributed by atoms with Crippen LogP contribution in [0.1, 0.15) is 36.4 Å². The van der Waals surface area contributed by atoms with Gasteiger partial charge in [0.25, 0.3) is 0 Å². The minimum Gasteiger partial charge on any atom is -0.397 e. The minimum absolute atomic E-state index is 0.759. The third-order valence-corrected chi connectivity index (χ3v) is 2.74. The number of allylic oxidation sites excluding steroid dienone is 1. The van der Waals surface area contributed by atoms with Crippen molar-refractivity contribution in [3.63, 3.8) is 0 Å². The van der Waals surface area contributed by atoms with Crippen LogP contribution in [0.4, 0.5) is 0 Å². The molecule has 0 radical (unpaired) electrons. The van der Waals surface area contributed by atoms with E-state index in [1.165, 1.54) is 0 Å². The molecule has 0 unspecified atom stereocenters. The van der Waals surface area contributed by atoms with E-state index in [0.717, 1.165) is 40.5 Å². The van der Waals surface area contributed by atoms with Crippen LogP contribution in [-0.2, 0) is 0 Å². The average Bonchev–Trinajstić information content (AvgIpc) is 2.24. The quantitative estimate of drug-likeness (QED) is 0.813. The third-order valence-electron chi connectivity index (χ3n) is 2.74. The molecule has 0 saturated heterocycles. The molecule has 4 heteroatoms. The number of aryl methyl sites for hydroxylation is 2. The summed E-state index contributed by atoms with van der Waals surface area (Å²) in [5.74, 6) is 0. The average molecular weight is 220 g/mol. The van der Waals surface area contributed by atoms with Gasteiger partial charge < -0.3 is 11.1 Å². The standard InChI is InChI=1S/C12H20N4/c1-6-14-10(5)12(13)11-7(2)8(3)15-16-9(11)4/h14H,6,13H2,1-5H3/b12-10-. The maximum atomic E-state index is 6.14. The van der Waals surface area contributed by atoms with Gasteiger partial charge in [0, 0.05) is 17.8 Å². The second-order valence-corrected chi connectivity index (χ2v) is 3.94. The van der Waals surface area contributed by atoms with Gasteiger partial charge in [0.2, 0.25) is 0 Å². The number of nitrogens with zero attached hydrogens (tertiary/aromatic N) is 2. The van der Waals surface area contributed by atoms with Crippen molar-refractivity contribution in [2.75, 3.05) is 6.54 Å². The first-order chi connectivity index (χ1) is 7.49. The zero-order chi connectivity index (χ0) is 12.3. The van der Waals surface area contributed by atoms with Crippen molar-refractivity contribution in [2.24, 2.45) is 5.73 Å². The van der Waals surface area contributed by atoms with Crippen LogP contribution in [0.25, 0.3) is 5.70 Å². The number of hydrogen-bond acceptors (Lipinski definition) is 4. The molecule has 0 amide bonds. The van der Waals surface area contributed by atoms with Gasteiger partial charge in [-0.25, -0.2) is 0 Å². The highest BCUT2D eigenvalue weighted by molar-refractivity contribution is 5.69. The molecule has 1 heterocycles. The van der Waals surface area contributed by atoms with E-state index in [1.54, 1.807) is 0 Å². The van der Waals surface area contributed by atoms with Gasteiger partial charge in [-0.2, -0.15) is 10.2 Å². The van der Waals surface area contributed by atoms with Crippen LogP contribution in [-0.4, -0.2) is 16.7 Å². The molecule has 0 fully saturated rings.